The molecule has 0 aliphatic carbocycles. The van der Waals surface area contributed by atoms with Crippen LogP contribution in [0.25, 0.3) is 11.4 Å². The zero-order chi connectivity index (χ0) is 19.5. The molecule has 0 aliphatic rings. The summed E-state index contributed by atoms with van der Waals surface area (Å²) in [6.45, 7) is 0. The quantitative estimate of drug-likeness (QED) is 0.595. The van der Waals surface area contributed by atoms with Gasteiger partial charge in [0.1, 0.15) is 11.5 Å². The molecule has 0 spiro atoms. The summed E-state index contributed by atoms with van der Waals surface area (Å²) in [7, 11) is 0. The van der Waals surface area contributed by atoms with Gasteiger partial charge in [-0.05, 0) is 48.5 Å². The van der Waals surface area contributed by atoms with Crippen LogP contribution in [0.5, 0.6) is 11.5 Å². The van der Waals surface area contributed by atoms with Crippen molar-refractivity contribution in [2.75, 3.05) is 0 Å². The van der Waals surface area contributed by atoms with Crippen molar-refractivity contribution in [3.8, 4) is 22.9 Å². The van der Waals surface area contributed by atoms with Crippen molar-refractivity contribution in [2.24, 2.45) is 0 Å². The van der Waals surface area contributed by atoms with Crippen molar-refractivity contribution in [1.29, 1.82) is 0 Å². The zero-order valence-electron chi connectivity index (χ0n) is 14.6. The first kappa shape index (κ1) is 17.3. The SMILES string of the molecule is O=c1[nH]c(=O)n(-c2ccc(Oc3ccccc3)cc2)c(=O)n1-c1ccccc1. The number of nitrogens with one attached hydrogen (secondary N) is 1. The van der Waals surface area contributed by atoms with Crippen LogP contribution in [0.3, 0.4) is 0 Å². The van der Waals surface area contributed by atoms with Gasteiger partial charge in [0.25, 0.3) is 0 Å². The summed E-state index contributed by atoms with van der Waals surface area (Å²) < 4.78 is 7.53. The first-order valence-electron chi connectivity index (χ1n) is 8.50. The number of para-hydroxylation sites is 2. The molecule has 0 radical (unpaired) electrons. The predicted molar refractivity (Wildman–Crippen MR) is 105 cm³/mol. The summed E-state index contributed by atoms with van der Waals surface area (Å²) in [5.41, 5.74) is -1.67. The average molecular weight is 373 g/mol. The number of H-pyrrole nitrogens is 1. The molecule has 138 valence electrons. The lowest BCUT2D eigenvalue weighted by Crippen LogP contribution is -2.47. The third-order valence-electron chi connectivity index (χ3n) is 4.09. The van der Waals surface area contributed by atoms with Gasteiger partial charge in [0.2, 0.25) is 0 Å². The van der Waals surface area contributed by atoms with Crippen LogP contribution in [-0.2, 0) is 0 Å². The Hall–Kier alpha value is -4.13. The van der Waals surface area contributed by atoms with E-state index < -0.39 is 17.1 Å². The van der Waals surface area contributed by atoms with Crippen LogP contribution in [-0.4, -0.2) is 14.1 Å². The van der Waals surface area contributed by atoms with E-state index in [0.717, 1.165) is 9.13 Å². The second-order valence-electron chi connectivity index (χ2n) is 5.93. The number of aromatic amines is 1. The first-order valence-corrected chi connectivity index (χ1v) is 8.50. The van der Waals surface area contributed by atoms with Crippen molar-refractivity contribution < 1.29 is 4.74 Å². The lowest BCUT2D eigenvalue weighted by atomic mass is 10.3. The lowest BCUT2D eigenvalue weighted by molar-refractivity contribution is 0.482. The summed E-state index contributed by atoms with van der Waals surface area (Å²) in [5.74, 6) is 1.22. The normalized spacial score (nSPS) is 10.6. The lowest BCUT2D eigenvalue weighted by Gasteiger charge is -2.10. The molecule has 4 rings (SSSR count). The summed E-state index contributed by atoms with van der Waals surface area (Å²) in [6, 6.07) is 24.1. The van der Waals surface area contributed by atoms with Crippen molar-refractivity contribution in [1.82, 2.24) is 14.1 Å². The van der Waals surface area contributed by atoms with Crippen LogP contribution < -0.4 is 21.8 Å². The molecule has 0 atom stereocenters. The highest BCUT2D eigenvalue weighted by atomic mass is 16.5. The highest BCUT2D eigenvalue weighted by Crippen LogP contribution is 2.21. The van der Waals surface area contributed by atoms with Crippen LogP contribution in [0, 0.1) is 0 Å². The fourth-order valence-electron chi connectivity index (χ4n) is 2.80. The number of benzene rings is 3. The molecule has 7 nitrogen and oxygen atoms in total. The van der Waals surface area contributed by atoms with E-state index in [1.807, 2.05) is 30.3 Å². The Labute approximate surface area is 158 Å². The number of hydrogen-bond donors (Lipinski definition) is 1. The molecule has 1 heterocycles. The zero-order valence-corrected chi connectivity index (χ0v) is 14.6. The van der Waals surface area contributed by atoms with Crippen molar-refractivity contribution in [3.63, 3.8) is 0 Å². The molecule has 28 heavy (non-hydrogen) atoms. The van der Waals surface area contributed by atoms with Gasteiger partial charge in [-0.25, -0.2) is 23.5 Å². The van der Waals surface area contributed by atoms with E-state index in [1.165, 1.54) is 0 Å². The van der Waals surface area contributed by atoms with E-state index in [4.69, 9.17) is 4.74 Å². The minimum Gasteiger partial charge on any atom is -0.457 e. The van der Waals surface area contributed by atoms with E-state index in [0.29, 0.717) is 22.9 Å². The summed E-state index contributed by atoms with van der Waals surface area (Å²) in [5, 5.41) is 0. The molecule has 1 aromatic heterocycles. The second kappa shape index (κ2) is 7.24. The van der Waals surface area contributed by atoms with Gasteiger partial charge in [0, 0.05) is 0 Å². The fraction of sp³-hybridized carbons (Fsp3) is 0. The Morgan fingerprint density at radius 1 is 0.571 bits per heavy atom. The smallest absolute Gasteiger partial charge is 0.345 e. The number of ether oxygens (including phenoxy) is 1. The summed E-state index contributed by atoms with van der Waals surface area (Å²) >= 11 is 0. The van der Waals surface area contributed by atoms with E-state index >= 15 is 0 Å². The molecule has 1 N–H and O–H groups in total. The van der Waals surface area contributed by atoms with Gasteiger partial charge >= 0.3 is 17.1 Å². The average Bonchev–Trinajstić information content (AvgIpc) is 2.70. The minimum absolute atomic E-state index is 0.316. The third-order valence-corrected chi connectivity index (χ3v) is 4.09. The van der Waals surface area contributed by atoms with Crippen LogP contribution >= 0.6 is 0 Å². The maximum Gasteiger partial charge on any atom is 0.345 e. The van der Waals surface area contributed by atoms with Crippen LogP contribution in [0.1, 0.15) is 0 Å². The first-order chi connectivity index (χ1) is 13.6. The van der Waals surface area contributed by atoms with Gasteiger partial charge in [-0.2, -0.15) is 0 Å². The van der Waals surface area contributed by atoms with Crippen molar-refractivity contribution >= 4 is 0 Å². The van der Waals surface area contributed by atoms with Crippen LogP contribution in [0.4, 0.5) is 0 Å². The van der Waals surface area contributed by atoms with E-state index in [1.54, 1.807) is 54.6 Å². The molecule has 0 saturated heterocycles. The summed E-state index contributed by atoms with van der Waals surface area (Å²) in [4.78, 5) is 39.5. The molecule has 4 aromatic rings. The number of aromatic nitrogens is 3. The van der Waals surface area contributed by atoms with Crippen molar-refractivity contribution in [2.45, 2.75) is 0 Å². The van der Waals surface area contributed by atoms with Crippen LogP contribution in [0.15, 0.2) is 99.3 Å². The molecule has 0 bridgehead atoms. The highest BCUT2D eigenvalue weighted by molar-refractivity contribution is 5.40. The Bertz CT molecular complexity index is 1270. The fourth-order valence-corrected chi connectivity index (χ4v) is 2.80. The molecule has 0 fully saturated rings. The van der Waals surface area contributed by atoms with Gasteiger partial charge in [-0.15, -0.1) is 0 Å². The van der Waals surface area contributed by atoms with Gasteiger partial charge < -0.3 is 4.74 Å². The van der Waals surface area contributed by atoms with Gasteiger partial charge in [0.05, 0.1) is 11.4 Å². The summed E-state index contributed by atoms with van der Waals surface area (Å²) in [6.07, 6.45) is 0. The number of hydrogen-bond acceptors (Lipinski definition) is 4. The largest absolute Gasteiger partial charge is 0.457 e. The molecular weight excluding hydrogens is 358 g/mol. The maximum absolute atomic E-state index is 12.9. The Morgan fingerprint density at radius 3 is 1.61 bits per heavy atom. The molecular formula is C21H15N3O4. The number of nitrogens with zero attached hydrogens (tertiary/aromatic N) is 2. The minimum atomic E-state index is -0.807. The van der Waals surface area contributed by atoms with Crippen molar-refractivity contribution in [3.05, 3.63) is 116 Å². The Kier molecular flexibility index (Phi) is 4.47. The van der Waals surface area contributed by atoms with E-state index in [2.05, 4.69) is 4.98 Å². The second-order valence-corrected chi connectivity index (χ2v) is 5.93. The Balaban J connectivity index is 1.76. The monoisotopic (exact) mass is 373 g/mol. The van der Waals surface area contributed by atoms with E-state index in [9.17, 15) is 14.4 Å². The van der Waals surface area contributed by atoms with Crippen LogP contribution in [0.2, 0.25) is 0 Å². The third kappa shape index (κ3) is 3.28. The number of rotatable bonds is 4. The molecule has 0 amide bonds. The molecule has 0 saturated carbocycles. The molecule has 0 unspecified atom stereocenters. The standard InChI is InChI=1S/C21H15N3O4/c25-19-22-20(26)24(21(27)23(19)15-7-3-1-4-8-15)16-11-13-18(14-12-16)28-17-9-5-2-6-10-17/h1-14H,(H,22,25,26). The Morgan fingerprint density at radius 2 is 1.04 bits per heavy atom. The molecule has 7 heteroatoms. The molecule has 3 aromatic carbocycles. The highest BCUT2D eigenvalue weighted by Gasteiger charge is 2.13. The topological polar surface area (TPSA) is 86.1 Å². The van der Waals surface area contributed by atoms with E-state index in [-0.39, 0.29) is 0 Å². The maximum atomic E-state index is 12.9. The van der Waals surface area contributed by atoms with Gasteiger partial charge in [0.15, 0.2) is 0 Å². The van der Waals surface area contributed by atoms with Gasteiger partial charge in [-0.3, -0.25) is 4.98 Å². The molecule has 0 aliphatic heterocycles. The predicted octanol–water partition coefficient (Wildman–Crippen LogP) is 2.47. The van der Waals surface area contributed by atoms with Gasteiger partial charge in [-0.1, -0.05) is 36.4 Å².